The molecule has 0 radical (unpaired) electrons. The Morgan fingerprint density at radius 1 is 1.29 bits per heavy atom. The van der Waals surface area contributed by atoms with Crippen LogP contribution < -0.4 is 11.1 Å². The fourth-order valence-electron chi connectivity index (χ4n) is 2.31. The smallest absolute Gasteiger partial charge is 0.268 e. The first-order valence-corrected chi connectivity index (χ1v) is 6.34. The topological polar surface area (TPSA) is 72.4 Å². The number of rotatable bonds is 2. The minimum Gasteiger partial charge on any atom is -0.399 e. The number of pyridine rings is 1. The second kappa shape index (κ2) is 4.90. The van der Waals surface area contributed by atoms with Crippen molar-refractivity contribution in [3.8, 4) is 11.1 Å². The summed E-state index contributed by atoms with van der Waals surface area (Å²) in [5, 5.41) is 2.57. The first-order chi connectivity index (χ1) is 10.1. The number of halogens is 1. The molecular formula is C15H13FN4O. The van der Waals surface area contributed by atoms with Gasteiger partial charge in [0.2, 0.25) is 0 Å². The van der Waals surface area contributed by atoms with Gasteiger partial charge in [0.25, 0.3) is 5.91 Å². The average Bonchev–Trinajstić information content (AvgIpc) is 2.96. The number of anilines is 1. The summed E-state index contributed by atoms with van der Waals surface area (Å²) in [6.45, 7) is 0. The number of nitrogens with two attached hydrogens (primary N) is 1. The molecule has 1 amide bonds. The van der Waals surface area contributed by atoms with Crippen LogP contribution in [0.4, 0.5) is 10.1 Å². The van der Waals surface area contributed by atoms with Gasteiger partial charge in [0.15, 0.2) is 0 Å². The Bertz CT molecular complexity index is 841. The lowest BCUT2D eigenvalue weighted by Gasteiger charge is -2.12. The summed E-state index contributed by atoms with van der Waals surface area (Å²) in [4.78, 5) is 16.2. The van der Waals surface area contributed by atoms with Gasteiger partial charge >= 0.3 is 0 Å². The Balaban J connectivity index is 2.36. The van der Waals surface area contributed by atoms with E-state index in [0.717, 1.165) is 5.52 Å². The molecule has 2 aromatic heterocycles. The highest BCUT2D eigenvalue weighted by atomic mass is 19.1. The monoisotopic (exact) mass is 284 g/mol. The Morgan fingerprint density at radius 2 is 2.10 bits per heavy atom. The molecule has 0 spiro atoms. The van der Waals surface area contributed by atoms with Crippen molar-refractivity contribution < 1.29 is 9.18 Å². The van der Waals surface area contributed by atoms with E-state index in [9.17, 15) is 9.18 Å². The second-order valence-corrected chi connectivity index (χ2v) is 4.60. The zero-order chi connectivity index (χ0) is 15.0. The van der Waals surface area contributed by atoms with Gasteiger partial charge in [0.05, 0.1) is 18.0 Å². The van der Waals surface area contributed by atoms with Crippen molar-refractivity contribution in [1.82, 2.24) is 14.7 Å². The van der Waals surface area contributed by atoms with E-state index in [1.807, 2.05) is 0 Å². The van der Waals surface area contributed by atoms with Crippen molar-refractivity contribution in [2.24, 2.45) is 0 Å². The molecule has 0 aliphatic carbocycles. The number of nitrogens with one attached hydrogen (secondary N) is 1. The largest absolute Gasteiger partial charge is 0.399 e. The molecule has 0 unspecified atom stereocenters. The predicted molar refractivity (Wildman–Crippen MR) is 78.4 cm³/mol. The predicted octanol–water partition coefficient (Wildman–Crippen LogP) is 2.08. The lowest BCUT2D eigenvalue weighted by molar-refractivity contribution is 0.0957. The van der Waals surface area contributed by atoms with Gasteiger partial charge < -0.3 is 11.1 Å². The summed E-state index contributed by atoms with van der Waals surface area (Å²) in [5.41, 5.74) is 7.97. The summed E-state index contributed by atoms with van der Waals surface area (Å²) in [6, 6.07) is 7.75. The molecule has 0 aliphatic heterocycles. The van der Waals surface area contributed by atoms with Crippen LogP contribution in [0.15, 0.2) is 42.9 Å². The van der Waals surface area contributed by atoms with Crippen molar-refractivity contribution in [3.63, 3.8) is 0 Å². The number of amides is 1. The Labute approximate surface area is 120 Å². The summed E-state index contributed by atoms with van der Waals surface area (Å²) in [5.74, 6) is -0.760. The molecule has 3 aromatic rings. The average molecular weight is 284 g/mol. The van der Waals surface area contributed by atoms with Crippen LogP contribution in [0.1, 0.15) is 10.5 Å². The van der Waals surface area contributed by atoms with E-state index in [1.165, 1.54) is 31.6 Å². The maximum Gasteiger partial charge on any atom is 0.268 e. The third kappa shape index (κ3) is 2.10. The summed E-state index contributed by atoms with van der Waals surface area (Å²) >= 11 is 0. The van der Waals surface area contributed by atoms with Crippen molar-refractivity contribution in [1.29, 1.82) is 0 Å². The van der Waals surface area contributed by atoms with Gasteiger partial charge in [-0.3, -0.25) is 9.20 Å². The van der Waals surface area contributed by atoms with Gasteiger partial charge in [-0.15, -0.1) is 0 Å². The van der Waals surface area contributed by atoms with Crippen LogP contribution >= 0.6 is 0 Å². The van der Waals surface area contributed by atoms with E-state index in [4.69, 9.17) is 5.73 Å². The Morgan fingerprint density at radius 3 is 2.86 bits per heavy atom. The van der Waals surface area contributed by atoms with E-state index in [2.05, 4.69) is 10.3 Å². The second-order valence-electron chi connectivity index (χ2n) is 4.60. The van der Waals surface area contributed by atoms with Crippen LogP contribution in [0.2, 0.25) is 0 Å². The number of benzene rings is 1. The van der Waals surface area contributed by atoms with Gasteiger partial charge in [-0.1, -0.05) is 0 Å². The molecule has 0 aliphatic rings. The van der Waals surface area contributed by atoms with Crippen LogP contribution in [0.25, 0.3) is 16.6 Å². The lowest BCUT2D eigenvalue weighted by Crippen LogP contribution is -2.22. The summed E-state index contributed by atoms with van der Waals surface area (Å²) < 4.78 is 15.7. The van der Waals surface area contributed by atoms with E-state index in [1.54, 1.807) is 22.7 Å². The van der Waals surface area contributed by atoms with Crippen LogP contribution in [0.3, 0.4) is 0 Å². The number of nitrogen functional groups attached to an aromatic ring is 1. The molecule has 0 fully saturated rings. The molecule has 106 valence electrons. The number of fused-ring (bicyclic) bond motifs is 1. The van der Waals surface area contributed by atoms with Crippen molar-refractivity contribution >= 4 is 17.1 Å². The van der Waals surface area contributed by atoms with Gasteiger partial charge in [-0.05, 0) is 30.3 Å². The maximum absolute atomic E-state index is 14.1. The van der Waals surface area contributed by atoms with Gasteiger partial charge in [-0.2, -0.15) is 0 Å². The van der Waals surface area contributed by atoms with Crippen molar-refractivity contribution in [3.05, 3.63) is 54.4 Å². The quantitative estimate of drug-likeness (QED) is 0.708. The number of imidazole rings is 1. The van der Waals surface area contributed by atoms with E-state index >= 15 is 0 Å². The number of hydrogen-bond acceptors (Lipinski definition) is 3. The first-order valence-electron chi connectivity index (χ1n) is 6.34. The third-order valence-electron chi connectivity index (χ3n) is 3.31. The number of nitrogens with zero attached hydrogens (tertiary/aromatic N) is 2. The van der Waals surface area contributed by atoms with E-state index in [-0.39, 0.29) is 11.5 Å². The Kier molecular flexibility index (Phi) is 3.06. The molecule has 1 aromatic carbocycles. The first kappa shape index (κ1) is 13.1. The number of hydrogen-bond donors (Lipinski definition) is 2. The van der Waals surface area contributed by atoms with Crippen LogP contribution in [-0.4, -0.2) is 22.3 Å². The molecule has 21 heavy (non-hydrogen) atoms. The standard InChI is InChI=1S/C15H13FN4O/c1-18-15(21)14-11(4-3-10-7-19-8-20(10)14)12-6-9(17)2-5-13(12)16/h2-8H,17H2,1H3,(H,18,21). The molecule has 0 saturated carbocycles. The molecule has 0 bridgehead atoms. The van der Waals surface area contributed by atoms with E-state index in [0.29, 0.717) is 16.9 Å². The Hall–Kier alpha value is -2.89. The number of aromatic nitrogens is 2. The summed E-state index contributed by atoms with van der Waals surface area (Å²) in [6.07, 6.45) is 3.15. The van der Waals surface area contributed by atoms with Crippen molar-refractivity contribution in [2.75, 3.05) is 12.8 Å². The van der Waals surface area contributed by atoms with Crippen LogP contribution in [0, 0.1) is 5.82 Å². The molecule has 5 nitrogen and oxygen atoms in total. The number of carbonyl (C=O) groups is 1. The molecular weight excluding hydrogens is 271 g/mol. The zero-order valence-electron chi connectivity index (χ0n) is 11.3. The molecule has 0 atom stereocenters. The zero-order valence-corrected chi connectivity index (χ0v) is 11.3. The van der Waals surface area contributed by atoms with Crippen LogP contribution in [0.5, 0.6) is 0 Å². The minimum atomic E-state index is -0.436. The fourth-order valence-corrected chi connectivity index (χ4v) is 2.31. The minimum absolute atomic E-state index is 0.282. The van der Waals surface area contributed by atoms with Crippen LogP contribution in [-0.2, 0) is 0 Å². The molecule has 2 heterocycles. The van der Waals surface area contributed by atoms with Crippen molar-refractivity contribution in [2.45, 2.75) is 0 Å². The highest BCUT2D eigenvalue weighted by Crippen LogP contribution is 2.29. The molecule has 3 rings (SSSR count). The fraction of sp³-hybridized carbons (Fsp3) is 0.0667. The maximum atomic E-state index is 14.1. The summed E-state index contributed by atoms with van der Waals surface area (Å²) in [7, 11) is 1.53. The third-order valence-corrected chi connectivity index (χ3v) is 3.31. The molecule has 3 N–H and O–H groups in total. The van der Waals surface area contributed by atoms with Gasteiger partial charge in [0, 0.05) is 23.9 Å². The normalized spacial score (nSPS) is 10.8. The highest BCUT2D eigenvalue weighted by molar-refractivity contribution is 6.00. The number of carbonyl (C=O) groups excluding carboxylic acids is 1. The molecule has 6 heteroatoms. The lowest BCUT2D eigenvalue weighted by atomic mass is 10.0. The highest BCUT2D eigenvalue weighted by Gasteiger charge is 2.18. The molecule has 0 saturated heterocycles. The SMILES string of the molecule is CNC(=O)c1c(-c2cc(N)ccc2F)ccc2cncn12. The van der Waals surface area contributed by atoms with Gasteiger partial charge in [-0.25, -0.2) is 9.37 Å². The van der Waals surface area contributed by atoms with E-state index < -0.39 is 5.82 Å². The van der Waals surface area contributed by atoms with Gasteiger partial charge in [0.1, 0.15) is 11.5 Å².